The van der Waals surface area contributed by atoms with Crippen LogP contribution in [0.4, 0.5) is 5.82 Å². The number of nitrogens with zero attached hydrogens (tertiary/aromatic N) is 4. The number of anilines is 1. The number of aryl methyl sites for hydroxylation is 2. The number of methoxy groups -OCH3 is 1. The van der Waals surface area contributed by atoms with Gasteiger partial charge in [0.15, 0.2) is 0 Å². The number of morpholine rings is 1. The molecule has 0 N–H and O–H groups in total. The highest BCUT2D eigenvalue weighted by Gasteiger charge is 2.41. The molecule has 1 amide bonds. The summed E-state index contributed by atoms with van der Waals surface area (Å²) in [5.74, 6) is 1.54. The molecule has 5 rings (SSSR count). The lowest BCUT2D eigenvalue weighted by Gasteiger charge is -2.34. The number of hydrogen-bond acceptors (Lipinski definition) is 7. The van der Waals surface area contributed by atoms with Crippen LogP contribution in [0, 0.1) is 19.8 Å². The Labute approximate surface area is 187 Å². The average molecular weight is 443 g/mol. The maximum Gasteiger partial charge on any atom is 0.258 e. The molecule has 2 atom stereocenters. The predicted octanol–water partition coefficient (Wildman–Crippen LogP) is 3.43. The Morgan fingerprint density at radius 2 is 2.13 bits per heavy atom. The molecular weight excluding hydrogens is 412 g/mol. The van der Waals surface area contributed by atoms with E-state index in [0.717, 1.165) is 44.8 Å². The van der Waals surface area contributed by atoms with Gasteiger partial charge in [-0.05, 0) is 51.2 Å². The third-order valence-electron chi connectivity index (χ3n) is 6.62. The minimum atomic E-state index is -0.0229. The van der Waals surface area contributed by atoms with Crippen LogP contribution in [-0.4, -0.2) is 66.3 Å². The molecular formula is C23H30N4O3S. The van der Waals surface area contributed by atoms with Crippen molar-refractivity contribution in [2.45, 2.75) is 52.3 Å². The second kappa shape index (κ2) is 8.15. The van der Waals surface area contributed by atoms with Crippen molar-refractivity contribution in [2.75, 3.05) is 38.3 Å². The Morgan fingerprint density at radius 3 is 2.81 bits per heavy atom. The molecule has 2 aromatic rings. The summed E-state index contributed by atoms with van der Waals surface area (Å²) in [6, 6.07) is 2.39. The van der Waals surface area contributed by atoms with E-state index in [4.69, 9.17) is 14.5 Å². The fraction of sp³-hybridized carbons (Fsp3) is 0.609. The number of aromatic nitrogens is 2. The third-order valence-corrected chi connectivity index (χ3v) is 7.72. The van der Waals surface area contributed by atoms with Crippen LogP contribution in [0.2, 0.25) is 0 Å². The summed E-state index contributed by atoms with van der Waals surface area (Å²) < 4.78 is 11.2. The highest BCUT2D eigenvalue weighted by molar-refractivity contribution is 7.15. The molecule has 2 aliphatic heterocycles. The zero-order valence-corrected chi connectivity index (χ0v) is 19.5. The molecule has 0 radical (unpaired) electrons. The zero-order chi connectivity index (χ0) is 21.7. The summed E-state index contributed by atoms with van der Waals surface area (Å²) in [6.45, 7) is 9.43. The van der Waals surface area contributed by atoms with Crippen LogP contribution in [-0.2, 0) is 16.0 Å². The smallest absolute Gasteiger partial charge is 0.258 e. The van der Waals surface area contributed by atoms with Crippen molar-refractivity contribution in [3.05, 3.63) is 27.9 Å². The molecule has 8 heteroatoms. The summed E-state index contributed by atoms with van der Waals surface area (Å²) in [5, 5.41) is 1.03. The molecule has 0 aromatic carbocycles. The van der Waals surface area contributed by atoms with Gasteiger partial charge in [-0.25, -0.2) is 9.97 Å². The fourth-order valence-corrected chi connectivity index (χ4v) is 5.69. The summed E-state index contributed by atoms with van der Waals surface area (Å²) in [7, 11) is 1.69. The van der Waals surface area contributed by atoms with Crippen LogP contribution >= 0.6 is 11.3 Å². The van der Waals surface area contributed by atoms with E-state index in [2.05, 4.69) is 27.8 Å². The molecule has 3 aliphatic rings. The third kappa shape index (κ3) is 3.85. The lowest BCUT2D eigenvalue weighted by Crippen LogP contribution is -2.45. The van der Waals surface area contributed by atoms with E-state index in [1.807, 2.05) is 13.8 Å². The van der Waals surface area contributed by atoms with Crippen molar-refractivity contribution in [2.24, 2.45) is 5.92 Å². The number of ether oxygens (including phenoxy) is 2. The van der Waals surface area contributed by atoms with Gasteiger partial charge in [-0.3, -0.25) is 4.79 Å². The first-order valence-electron chi connectivity index (χ1n) is 11.1. The number of fused-ring (bicyclic) bond motifs is 1. The number of hydrogen-bond donors (Lipinski definition) is 0. The molecule has 4 heterocycles. The number of pyridine rings is 1. The Kier molecular flexibility index (Phi) is 5.48. The Balaban J connectivity index is 1.57. The normalized spacial score (nSPS) is 22.2. The van der Waals surface area contributed by atoms with E-state index in [0.29, 0.717) is 32.2 Å². The minimum absolute atomic E-state index is 0.0229. The van der Waals surface area contributed by atoms with E-state index in [-0.39, 0.29) is 18.1 Å². The molecule has 1 aliphatic carbocycles. The van der Waals surface area contributed by atoms with Crippen LogP contribution in [0.25, 0.3) is 10.6 Å². The fourth-order valence-electron chi connectivity index (χ4n) is 4.81. The molecule has 1 saturated carbocycles. The first kappa shape index (κ1) is 20.8. The summed E-state index contributed by atoms with van der Waals surface area (Å²) >= 11 is 1.66. The van der Waals surface area contributed by atoms with Crippen LogP contribution in [0.3, 0.4) is 0 Å². The monoisotopic (exact) mass is 442 g/mol. The topological polar surface area (TPSA) is 67.8 Å². The van der Waals surface area contributed by atoms with Gasteiger partial charge >= 0.3 is 0 Å². The van der Waals surface area contributed by atoms with Crippen molar-refractivity contribution in [1.29, 1.82) is 0 Å². The maximum absolute atomic E-state index is 13.6. The second-order valence-corrected chi connectivity index (χ2v) is 10.1. The molecule has 31 heavy (non-hydrogen) atoms. The first-order valence-corrected chi connectivity index (χ1v) is 11.9. The van der Waals surface area contributed by atoms with Gasteiger partial charge < -0.3 is 19.3 Å². The first-order chi connectivity index (χ1) is 15.0. The number of carbonyl (C=O) groups excluding carboxylic acids is 1. The van der Waals surface area contributed by atoms with Crippen LogP contribution in [0.1, 0.15) is 46.4 Å². The molecule has 7 nitrogen and oxygen atoms in total. The van der Waals surface area contributed by atoms with Crippen LogP contribution in [0.5, 0.6) is 0 Å². The molecule has 1 saturated heterocycles. The quantitative estimate of drug-likeness (QED) is 0.683. The van der Waals surface area contributed by atoms with Crippen molar-refractivity contribution in [3.8, 4) is 10.6 Å². The number of rotatable bonds is 6. The van der Waals surface area contributed by atoms with E-state index in [9.17, 15) is 4.79 Å². The maximum atomic E-state index is 13.6. The van der Waals surface area contributed by atoms with Crippen molar-refractivity contribution in [1.82, 2.24) is 14.9 Å². The highest BCUT2D eigenvalue weighted by atomic mass is 32.1. The van der Waals surface area contributed by atoms with E-state index < -0.39 is 0 Å². The van der Waals surface area contributed by atoms with E-state index in [1.165, 1.54) is 12.8 Å². The standard InChI is InChI=1S/C23H30N4O3S/c1-13-21(31-15(3)24-13)19-9-17-10-27(14(2)16-5-6-16)23(28)20(17)22(25-19)26-7-8-30-18(11-26)12-29-4/h9,14,16,18H,5-8,10-12H2,1-4H3/t14-,18-/m0/s1. The number of carbonyl (C=O) groups is 1. The van der Waals surface area contributed by atoms with Gasteiger partial charge in [-0.15, -0.1) is 11.3 Å². The van der Waals surface area contributed by atoms with Crippen molar-refractivity contribution in [3.63, 3.8) is 0 Å². The molecule has 0 unspecified atom stereocenters. The Bertz CT molecular complexity index is 1000. The number of amides is 1. The Hall–Kier alpha value is -2.03. The van der Waals surface area contributed by atoms with Crippen LogP contribution in [0.15, 0.2) is 6.07 Å². The molecule has 166 valence electrons. The molecule has 0 spiro atoms. The summed E-state index contributed by atoms with van der Waals surface area (Å²) in [4.78, 5) is 28.6. The largest absolute Gasteiger partial charge is 0.382 e. The van der Waals surface area contributed by atoms with Gasteiger partial charge in [0.2, 0.25) is 0 Å². The number of thiazole rings is 1. The Morgan fingerprint density at radius 1 is 1.32 bits per heavy atom. The van der Waals surface area contributed by atoms with Gasteiger partial charge in [-0.2, -0.15) is 0 Å². The predicted molar refractivity (Wildman–Crippen MR) is 121 cm³/mol. The minimum Gasteiger partial charge on any atom is -0.382 e. The van der Waals surface area contributed by atoms with Crippen LogP contribution < -0.4 is 4.90 Å². The van der Waals surface area contributed by atoms with E-state index in [1.54, 1.807) is 18.4 Å². The van der Waals surface area contributed by atoms with Gasteiger partial charge in [0.05, 0.1) is 46.2 Å². The second-order valence-electron chi connectivity index (χ2n) is 8.92. The SMILES string of the molecule is COC[C@@H]1CN(c2nc(-c3sc(C)nc3C)cc3c2C(=O)N([C@@H](C)C2CC2)C3)CCO1. The zero-order valence-electron chi connectivity index (χ0n) is 18.7. The van der Waals surface area contributed by atoms with E-state index >= 15 is 0 Å². The summed E-state index contributed by atoms with van der Waals surface area (Å²) in [5.41, 5.74) is 3.76. The van der Waals surface area contributed by atoms with Gasteiger partial charge in [0.1, 0.15) is 5.82 Å². The summed E-state index contributed by atoms with van der Waals surface area (Å²) in [6.07, 6.45) is 2.42. The lowest BCUT2D eigenvalue weighted by molar-refractivity contribution is -0.0102. The lowest BCUT2D eigenvalue weighted by atomic mass is 10.1. The molecule has 2 aromatic heterocycles. The van der Waals surface area contributed by atoms with Gasteiger partial charge in [-0.1, -0.05) is 0 Å². The molecule has 0 bridgehead atoms. The average Bonchev–Trinajstić information content (AvgIpc) is 3.47. The van der Waals surface area contributed by atoms with Crippen molar-refractivity contribution < 1.29 is 14.3 Å². The molecule has 2 fully saturated rings. The van der Waals surface area contributed by atoms with Gasteiger partial charge in [0, 0.05) is 32.8 Å². The van der Waals surface area contributed by atoms with Crippen molar-refractivity contribution >= 4 is 23.1 Å². The highest BCUT2D eigenvalue weighted by Crippen LogP contribution is 2.41. The van der Waals surface area contributed by atoms with Gasteiger partial charge in [0.25, 0.3) is 5.91 Å².